The van der Waals surface area contributed by atoms with E-state index in [4.69, 9.17) is 0 Å². The third-order valence-electron chi connectivity index (χ3n) is 6.61. The summed E-state index contributed by atoms with van der Waals surface area (Å²) in [7, 11) is 0. The number of ether oxygens (including phenoxy) is 1. The Morgan fingerprint density at radius 1 is 1.21 bits per heavy atom. The van der Waals surface area contributed by atoms with E-state index in [-0.39, 0.29) is 23.6 Å². The number of nitrogens with one attached hydrogen (secondary N) is 1. The van der Waals surface area contributed by atoms with Crippen LogP contribution in [0.25, 0.3) is 0 Å². The third kappa shape index (κ3) is 3.47. The first-order valence-electron chi connectivity index (χ1n) is 10.7. The van der Waals surface area contributed by atoms with Gasteiger partial charge in [-0.3, -0.25) is 14.5 Å². The lowest BCUT2D eigenvalue weighted by atomic mass is 9.79. The largest absolute Gasteiger partial charge is 0.573 e. The van der Waals surface area contributed by atoms with E-state index in [1.54, 1.807) is 16.7 Å². The number of thioether (sulfide) groups is 1. The van der Waals surface area contributed by atoms with Gasteiger partial charge in [-0.2, -0.15) is 0 Å². The van der Waals surface area contributed by atoms with Gasteiger partial charge in [0.15, 0.2) is 0 Å². The molecule has 6 nitrogen and oxygen atoms in total. The first-order valence-corrected chi connectivity index (χ1v) is 11.8. The minimum absolute atomic E-state index is 0.0923. The van der Waals surface area contributed by atoms with E-state index in [2.05, 4.69) is 15.0 Å². The van der Waals surface area contributed by atoms with Gasteiger partial charge in [-0.05, 0) is 43.7 Å². The molecule has 0 aromatic heterocycles. The van der Waals surface area contributed by atoms with E-state index in [0.29, 0.717) is 24.5 Å². The number of nitrogens with zero attached hydrogens (tertiary/aromatic N) is 2. The van der Waals surface area contributed by atoms with Crippen LogP contribution in [0.15, 0.2) is 48.5 Å². The topological polar surface area (TPSA) is 61.9 Å². The number of carbonyl (C=O) groups is 2. The standard InChI is InChI=1S/C23H22F3N3O3S/c1-2-28-19-6-4-3-5-17(19)22(21(28)31)18(11-15-12-33-13-29(15)22)20(30)27-14-7-9-16(10-8-14)32-23(24,25)26/h3-10,15,18H,2,11-13H2,1H3,(H,27,30)/t15-,18+,22-/m0/s1. The molecule has 2 aromatic rings. The van der Waals surface area contributed by atoms with Gasteiger partial charge in [-0.15, -0.1) is 24.9 Å². The number of fused-ring (bicyclic) bond motifs is 4. The van der Waals surface area contributed by atoms with Crippen LogP contribution in [-0.4, -0.2) is 47.3 Å². The molecule has 5 rings (SSSR count). The molecule has 0 saturated carbocycles. The van der Waals surface area contributed by atoms with Crippen molar-refractivity contribution in [2.45, 2.75) is 31.3 Å². The van der Waals surface area contributed by atoms with Gasteiger partial charge in [-0.1, -0.05) is 18.2 Å². The minimum Gasteiger partial charge on any atom is -0.406 e. The molecule has 3 aliphatic heterocycles. The molecule has 10 heteroatoms. The fourth-order valence-electron chi connectivity index (χ4n) is 5.37. The summed E-state index contributed by atoms with van der Waals surface area (Å²) in [5.74, 6) is 0.102. The number of hydrogen-bond donors (Lipinski definition) is 1. The second kappa shape index (κ2) is 7.95. The summed E-state index contributed by atoms with van der Waals surface area (Å²) in [5, 5.41) is 2.82. The molecule has 2 amide bonds. The van der Waals surface area contributed by atoms with Gasteiger partial charge >= 0.3 is 6.36 Å². The second-order valence-corrected chi connectivity index (χ2v) is 9.31. The van der Waals surface area contributed by atoms with Crippen molar-refractivity contribution in [2.75, 3.05) is 28.4 Å². The average molecular weight is 478 g/mol. The highest BCUT2D eigenvalue weighted by Crippen LogP contribution is 2.57. The molecule has 2 saturated heterocycles. The van der Waals surface area contributed by atoms with Crippen LogP contribution in [0.3, 0.4) is 0 Å². The number of alkyl halides is 3. The lowest BCUT2D eigenvalue weighted by Crippen LogP contribution is -2.55. The second-order valence-electron chi connectivity index (χ2n) is 8.31. The maximum Gasteiger partial charge on any atom is 0.573 e. The van der Waals surface area contributed by atoms with E-state index < -0.39 is 17.8 Å². The van der Waals surface area contributed by atoms with Crippen LogP contribution in [0.4, 0.5) is 24.5 Å². The monoisotopic (exact) mass is 477 g/mol. The third-order valence-corrected chi connectivity index (χ3v) is 7.69. The molecule has 1 spiro atoms. The summed E-state index contributed by atoms with van der Waals surface area (Å²) in [5.41, 5.74) is 0.937. The Bertz CT molecular complexity index is 1090. The Kier molecular flexibility index (Phi) is 5.32. The Balaban J connectivity index is 1.48. The normalized spacial score (nSPS) is 26.5. The van der Waals surface area contributed by atoms with Gasteiger partial charge in [0.1, 0.15) is 11.3 Å². The van der Waals surface area contributed by atoms with Crippen molar-refractivity contribution in [3.63, 3.8) is 0 Å². The number of anilines is 2. The number of para-hydroxylation sites is 1. The Morgan fingerprint density at radius 2 is 1.94 bits per heavy atom. The summed E-state index contributed by atoms with van der Waals surface area (Å²) in [4.78, 5) is 31.3. The van der Waals surface area contributed by atoms with Gasteiger partial charge in [0.2, 0.25) is 5.91 Å². The minimum atomic E-state index is -4.79. The van der Waals surface area contributed by atoms with Gasteiger partial charge in [0.05, 0.1) is 5.92 Å². The molecule has 3 heterocycles. The summed E-state index contributed by atoms with van der Waals surface area (Å²) in [6.07, 6.45) is -4.25. The molecule has 3 atom stereocenters. The summed E-state index contributed by atoms with van der Waals surface area (Å²) >= 11 is 1.75. The van der Waals surface area contributed by atoms with Gasteiger partial charge in [0, 0.05) is 41.2 Å². The Hall–Kier alpha value is -2.72. The highest BCUT2D eigenvalue weighted by atomic mass is 32.2. The quantitative estimate of drug-likeness (QED) is 0.716. The Morgan fingerprint density at radius 3 is 2.64 bits per heavy atom. The van der Waals surface area contributed by atoms with E-state index in [0.717, 1.165) is 29.1 Å². The molecule has 0 aliphatic carbocycles. The van der Waals surface area contributed by atoms with Crippen LogP contribution in [0, 0.1) is 5.92 Å². The van der Waals surface area contributed by atoms with Crippen molar-refractivity contribution in [1.29, 1.82) is 0 Å². The maximum absolute atomic E-state index is 13.9. The predicted molar refractivity (Wildman–Crippen MR) is 119 cm³/mol. The molecule has 0 bridgehead atoms. The lowest BCUT2D eigenvalue weighted by molar-refractivity contribution is -0.274. The molecule has 0 unspecified atom stereocenters. The smallest absolute Gasteiger partial charge is 0.406 e. The highest BCUT2D eigenvalue weighted by molar-refractivity contribution is 7.99. The van der Waals surface area contributed by atoms with Crippen LogP contribution in [-0.2, 0) is 15.1 Å². The molecular weight excluding hydrogens is 455 g/mol. The van der Waals surface area contributed by atoms with E-state index >= 15 is 0 Å². The van der Waals surface area contributed by atoms with E-state index in [1.807, 2.05) is 31.2 Å². The van der Waals surface area contributed by atoms with Crippen LogP contribution in [0.5, 0.6) is 5.75 Å². The fraction of sp³-hybridized carbons (Fsp3) is 0.391. The average Bonchev–Trinajstić information content (AvgIpc) is 3.42. The molecule has 0 radical (unpaired) electrons. The van der Waals surface area contributed by atoms with Crippen molar-refractivity contribution in [3.8, 4) is 5.75 Å². The molecule has 174 valence electrons. The predicted octanol–water partition coefficient (Wildman–Crippen LogP) is 4.18. The van der Waals surface area contributed by atoms with Crippen LogP contribution in [0.1, 0.15) is 18.9 Å². The van der Waals surface area contributed by atoms with E-state index in [1.165, 1.54) is 12.1 Å². The van der Waals surface area contributed by atoms with Gasteiger partial charge in [-0.25, -0.2) is 0 Å². The van der Waals surface area contributed by atoms with Crippen molar-refractivity contribution < 1.29 is 27.5 Å². The summed E-state index contributed by atoms with van der Waals surface area (Å²) in [6.45, 7) is 2.41. The molecule has 1 N–H and O–H groups in total. The zero-order chi connectivity index (χ0) is 23.4. The summed E-state index contributed by atoms with van der Waals surface area (Å²) in [6, 6.07) is 12.7. The maximum atomic E-state index is 13.9. The summed E-state index contributed by atoms with van der Waals surface area (Å²) < 4.78 is 41.2. The van der Waals surface area contributed by atoms with Crippen molar-refractivity contribution >= 4 is 35.0 Å². The van der Waals surface area contributed by atoms with Crippen LogP contribution in [0.2, 0.25) is 0 Å². The van der Waals surface area contributed by atoms with Crippen LogP contribution >= 0.6 is 11.8 Å². The van der Waals surface area contributed by atoms with Crippen molar-refractivity contribution in [1.82, 2.24) is 4.90 Å². The molecule has 3 aliphatic rings. The molecular formula is C23H22F3N3O3S. The number of hydrogen-bond acceptors (Lipinski definition) is 5. The number of likely N-dealkylation sites (N-methyl/N-ethyl adjacent to an activating group) is 1. The SMILES string of the molecule is CCN1C(=O)[C@]2(c3ccccc31)[C@@H](C(=O)Nc1ccc(OC(F)(F)F)cc1)C[C@H]1CSCN12. The molecule has 2 fully saturated rings. The number of amides is 2. The van der Waals surface area contributed by atoms with Crippen molar-refractivity contribution in [3.05, 3.63) is 54.1 Å². The fourth-order valence-corrected chi connectivity index (χ4v) is 6.67. The lowest BCUT2D eigenvalue weighted by Gasteiger charge is -2.36. The van der Waals surface area contributed by atoms with Gasteiger partial charge < -0.3 is 15.0 Å². The number of benzene rings is 2. The number of halogens is 3. The highest BCUT2D eigenvalue weighted by Gasteiger charge is 2.67. The van der Waals surface area contributed by atoms with E-state index in [9.17, 15) is 22.8 Å². The van der Waals surface area contributed by atoms with Gasteiger partial charge in [0.25, 0.3) is 5.91 Å². The number of carbonyl (C=O) groups excluding carboxylic acids is 2. The van der Waals surface area contributed by atoms with Crippen LogP contribution < -0.4 is 15.0 Å². The number of rotatable bonds is 4. The zero-order valence-electron chi connectivity index (χ0n) is 17.8. The first-order chi connectivity index (χ1) is 15.8. The first kappa shape index (κ1) is 22.1. The molecule has 33 heavy (non-hydrogen) atoms. The Labute approximate surface area is 193 Å². The van der Waals surface area contributed by atoms with Crippen molar-refractivity contribution in [2.24, 2.45) is 5.92 Å². The molecule has 2 aromatic carbocycles. The zero-order valence-corrected chi connectivity index (χ0v) is 18.6.